The minimum Gasteiger partial charge on any atom is -0.497 e. The van der Waals surface area contributed by atoms with Gasteiger partial charge in [-0.15, -0.1) is 0 Å². The molecule has 0 heterocycles. The lowest BCUT2D eigenvalue weighted by Crippen LogP contribution is -2.52. The van der Waals surface area contributed by atoms with Gasteiger partial charge in [-0.05, 0) is 67.8 Å². The summed E-state index contributed by atoms with van der Waals surface area (Å²) in [6.45, 7) is 5.57. The first kappa shape index (κ1) is 32.2. The van der Waals surface area contributed by atoms with Crippen molar-refractivity contribution in [1.29, 1.82) is 0 Å². The number of benzene rings is 3. The summed E-state index contributed by atoms with van der Waals surface area (Å²) in [6, 6.07) is 17.0. The number of halogens is 2. The van der Waals surface area contributed by atoms with E-state index in [0.29, 0.717) is 18.7 Å². The van der Waals surface area contributed by atoms with Crippen molar-refractivity contribution in [2.75, 3.05) is 24.5 Å². The number of methoxy groups -OCH3 is 1. The summed E-state index contributed by atoms with van der Waals surface area (Å²) >= 11 is 12.4. The third-order valence-corrected chi connectivity index (χ3v) is 9.05. The van der Waals surface area contributed by atoms with Crippen LogP contribution in [0.2, 0.25) is 10.0 Å². The zero-order chi connectivity index (χ0) is 30.2. The van der Waals surface area contributed by atoms with Crippen molar-refractivity contribution in [1.82, 2.24) is 10.2 Å². The molecular weight excluding hydrogens is 585 g/mol. The maximum Gasteiger partial charge on any atom is 0.264 e. The zero-order valence-electron chi connectivity index (χ0n) is 23.6. The van der Waals surface area contributed by atoms with Crippen LogP contribution in [0.4, 0.5) is 5.69 Å². The molecule has 0 aliphatic carbocycles. The van der Waals surface area contributed by atoms with Crippen molar-refractivity contribution in [3.8, 4) is 5.75 Å². The molecular formula is C30H35Cl2N3O5S. The molecule has 1 N–H and O–H groups in total. The van der Waals surface area contributed by atoms with E-state index in [9.17, 15) is 18.0 Å². The number of sulfonamides is 1. The van der Waals surface area contributed by atoms with E-state index in [1.54, 1.807) is 43.5 Å². The van der Waals surface area contributed by atoms with Gasteiger partial charge < -0.3 is 15.0 Å². The second-order valence-electron chi connectivity index (χ2n) is 9.51. The number of hydrogen-bond acceptors (Lipinski definition) is 5. The second kappa shape index (κ2) is 14.6. The SMILES string of the molecule is CCCNC(=O)C(CC)N(Cc1ccc(OC)cc1)C(=O)CN(c1ccc(Cl)c(Cl)c1)S(=O)(=O)c1ccc(C)cc1. The Morgan fingerprint density at radius 3 is 2.17 bits per heavy atom. The van der Waals surface area contributed by atoms with Crippen molar-refractivity contribution in [2.24, 2.45) is 0 Å². The van der Waals surface area contributed by atoms with Gasteiger partial charge in [0, 0.05) is 13.1 Å². The Kier molecular flexibility index (Phi) is 11.5. The number of hydrogen-bond donors (Lipinski definition) is 1. The lowest BCUT2D eigenvalue weighted by molar-refractivity contribution is -0.140. The first-order chi connectivity index (χ1) is 19.5. The maximum atomic E-state index is 14.1. The molecule has 0 radical (unpaired) electrons. The Morgan fingerprint density at radius 1 is 0.951 bits per heavy atom. The van der Waals surface area contributed by atoms with E-state index in [-0.39, 0.29) is 33.1 Å². The van der Waals surface area contributed by atoms with Gasteiger partial charge in [-0.25, -0.2) is 8.42 Å². The van der Waals surface area contributed by atoms with Gasteiger partial charge in [0.1, 0.15) is 18.3 Å². The molecule has 0 aliphatic rings. The molecule has 0 saturated heterocycles. The van der Waals surface area contributed by atoms with Crippen LogP contribution in [-0.2, 0) is 26.2 Å². The van der Waals surface area contributed by atoms with Crippen LogP contribution in [0.1, 0.15) is 37.8 Å². The summed E-state index contributed by atoms with van der Waals surface area (Å²) in [7, 11) is -2.65. The summed E-state index contributed by atoms with van der Waals surface area (Å²) in [5.74, 6) is -0.214. The number of anilines is 1. The summed E-state index contributed by atoms with van der Waals surface area (Å²) in [4.78, 5) is 28.7. The van der Waals surface area contributed by atoms with E-state index >= 15 is 0 Å². The fourth-order valence-electron chi connectivity index (χ4n) is 4.22. The Bertz CT molecular complexity index is 1450. The van der Waals surface area contributed by atoms with E-state index < -0.39 is 28.5 Å². The molecule has 1 unspecified atom stereocenters. The third kappa shape index (κ3) is 8.15. The molecule has 0 bridgehead atoms. The van der Waals surface area contributed by atoms with Gasteiger partial charge in [0.25, 0.3) is 10.0 Å². The third-order valence-electron chi connectivity index (χ3n) is 6.53. The summed E-state index contributed by atoms with van der Waals surface area (Å²) in [5.41, 5.74) is 1.81. The van der Waals surface area contributed by atoms with E-state index in [1.165, 1.54) is 35.2 Å². The highest BCUT2D eigenvalue weighted by atomic mass is 35.5. The van der Waals surface area contributed by atoms with Gasteiger partial charge in [0.05, 0.1) is 27.7 Å². The number of rotatable bonds is 13. The Hall–Kier alpha value is -3.27. The van der Waals surface area contributed by atoms with E-state index in [2.05, 4.69) is 5.32 Å². The molecule has 0 aromatic heterocycles. The number of carbonyl (C=O) groups is 2. The molecule has 0 fully saturated rings. The standard InChI is InChI=1S/C30H35Cl2N3O5S/c1-5-17-33-30(37)28(6-2)34(19-22-9-12-24(40-4)13-10-22)29(36)20-35(23-11-16-26(31)27(32)18-23)41(38,39)25-14-7-21(3)8-15-25/h7-16,18,28H,5-6,17,19-20H2,1-4H3,(H,33,37). The highest BCUT2D eigenvalue weighted by Crippen LogP contribution is 2.31. The molecule has 3 rings (SSSR count). The highest BCUT2D eigenvalue weighted by molar-refractivity contribution is 7.92. The van der Waals surface area contributed by atoms with Crippen LogP contribution >= 0.6 is 23.2 Å². The smallest absolute Gasteiger partial charge is 0.264 e. The Labute approximate surface area is 252 Å². The largest absolute Gasteiger partial charge is 0.497 e. The number of ether oxygens (including phenoxy) is 1. The minimum atomic E-state index is -4.21. The summed E-state index contributed by atoms with van der Waals surface area (Å²) < 4.78 is 34.1. The molecule has 3 aromatic rings. The number of amides is 2. The maximum absolute atomic E-state index is 14.1. The fraction of sp³-hybridized carbons (Fsp3) is 0.333. The van der Waals surface area contributed by atoms with Gasteiger partial charge in [0.15, 0.2) is 0 Å². The predicted molar refractivity (Wildman–Crippen MR) is 163 cm³/mol. The normalized spacial score (nSPS) is 12.0. The van der Waals surface area contributed by atoms with Crippen LogP contribution in [0.15, 0.2) is 71.6 Å². The van der Waals surface area contributed by atoms with Crippen molar-refractivity contribution in [3.63, 3.8) is 0 Å². The Balaban J connectivity index is 2.07. The average molecular weight is 621 g/mol. The van der Waals surface area contributed by atoms with Crippen molar-refractivity contribution in [3.05, 3.63) is 87.9 Å². The fourth-order valence-corrected chi connectivity index (χ4v) is 5.92. The lowest BCUT2D eigenvalue weighted by Gasteiger charge is -2.33. The van der Waals surface area contributed by atoms with Gasteiger partial charge >= 0.3 is 0 Å². The van der Waals surface area contributed by atoms with Crippen molar-refractivity contribution in [2.45, 2.75) is 51.1 Å². The van der Waals surface area contributed by atoms with Gasteiger partial charge in [-0.2, -0.15) is 0 Å². The highest BCUT2D eigenvalue weighted by Gasteiger charge is 2.33. The van der Waals surface area contributed by atoms with Crippen LogP contribution in [0.25, 0.3) is 0 Å². The van der Waals surface area contributed by atoms with Crippen LogP contribution in [-0.4, -0.2) is 51.4 Å². The zero-order valence-corrected chi connectivity index (χ0v) is 25.9. The van der Waals surface area contributed by atoms with Crippen molar-refractivity contribution >= 4 is 50.7 Å². The summed E-state index contributed by atoms with van der Waals surface area (Å²) in [5, 5.41) is 3.25. The lowest BCUT2D eigenvalue weighted by atomic mass is 10.1. The molecule has 8 nitrogen and oxygen atoms in total. The van der Waals surface area contributed by atoms with Gasteiger partial charge in [-0.3, -0.25) is 13.9 Å². The molecule has 0 spiro atoms. The van der Waals surface area contributed by atoms with E-state index in [0.717, 1.165) is 21.9 Å². The Morgan fingerprint density at radius 2 is 1.61 bits per heavy atom. The van der Waals surface area contributed by atoms with Crippen molar-refractivity contribution < 1.29 is 22.7 Å². The molecule has 0 saturated carbocycles. The number of aryl methyl sites for hydroxylation is 1. The molecule has 3 aromatic carbocycles. The monoisotopic (exact) mass is 619 g/mol. The molecule has 220 valence electrons. The van der Waals surface area contributed by atoms with Gasteiger partial charge in [-0.1, -0.05) is 66.9 Å². The van der Waals surface area contributed by atoms with Crippen LogP contribution in [0.5, 0.6) is 5.75 Å². The van der Waals surface area contributed by atoms with Crippen LogP contribution in [0.3, 0.4) is 0 Å². The topological polar surface area (TPSA) is 96.0 Å². The molecule has 2 amide bonds. The van der Waals surface area contributed by atoms with E-state index in [4.69, 9.17) is 27.9 Å². The molecule has 41 heavy (non-hydrogen) atoms. The molecule has 11 heteroatoms. The first-order valence-corrected chi connectivity index (χ1v) is 15.5. The molecule has 1 atom stereocenters. The number of nitrogens with zero attached hydrogens (tertiary/aromatic N) is 2. The first-order valence-electron chi connectivity index (χ1n) is 13.3. The quantitative estimate of drug-likeness (QED) is 0.259. The number of nitrogens with one attached hydrogen (secondary N) is 1. The number of carbonyl (C=O) groups excluding carboxylic acids is 2. The van der Waals surface area contributed by atoms with E-state index in [1.807, 2.05) is 20.8 Å². The molecule has 0 aliphatic heterocycles. The second-order valence-corrected chi connectivity index (χ2v) is 12.2. The van der Waals surface area contributed by atoms with Gasteiger partial charge in [0.2, 0.25) is 11.8 Å². The average Bonchev–Trinajstić information content (AvgIpc) is 2.96. The van der Waals surface area contributed by atoms with Crippen LogP contribution in [0, 0.1) is 6.92 Å². The summed E-state index contributed by atoms with van der Waals surface area (Å²) in [6.07, 6.45) is 1.06. The van der Waals surface area contributed by atoms with Crippen LogP contribution < -0.4 is 14.4 Å². The minimum absolute atomic E-state index is 0.0106. The predicted octanol–water partition coefficient (Wildman–Crippen LogP) is 5.84.